The molecule has 186 valence electrons. The number of thiophene rings is 1. The number of hydrogen-bond donors (Lipinski definition) is 0. The van der Waals surface area contributed by atoms with E-state index in [0.29, 0.717) is 58.0 Å². The van der Waals surface area contributed by atoms with E-state index in [0.717, 1.165) is 19.3 Å². The average Bonchev–Trinajstić information content (AvgIpc) is 3.51. The van der Waals surface area contributed by atoms with Crippen molar-refractivity contribution in [3.05, 3.63) is 50.7 Å². The number of nitrogens with zero attached hydrogens (tertiary/aromatic N) is 2. The van der Waals surface area contributed by atoms with Gasteiger partial charge in [-0.25, -0.2) is 0 Å². The standard InChI is InChI=1S/C26H29ClN2O5S/c1-17(30)20-7-8-21(35-20)25(32)28-13-10-26(11-14-28)12-15-29(16-26)22(31)9-5-18-4-6-19(33-2)24(34-3)23(18)27/h4-9H,10-16H2,1-3H3. The first-order chi connectivity index (χ1) is 16.8. The van der Waals surface area contributed by atoms with Crippen molar-refractivity contribution in [1.82, 2.24) is 9.80 Å². The molecule has 0 N–H and O–H groups in total. The van der Waals surface area contributed by atoms with Gasteiger partial charge in [0.1, 0.15) is 0 Å². The van der Waals surface area contributed by atoms with Crippen molar-refractivity contribution in [2.45, 2.75) is 26.2 Å². The van der Waals surface area contributed by atoms with Gasteiger partial charge < -0.3 is 19.3 Å². The minimum atomic E-state index is -0.0541. The summed E-state index contributed by atoms with van der Waals surface area (Å²) in [5, 5.41) is 0.395. The molecular formula is C26H29ClN2O5S. The van der Waals surface area contributed by atoms with E-state index in [1.165, 1.54) is 25.4 Å². The zero-order valence-corrected chi connectivity index (χ0v) is 21.7. The molecule has 0 unspecified atom stereocenters. The molecule has 9 heteroatoms. The van der Waals surface area contributed by atoms with Gasteiger partial charge in [0.25, 0.3) is 5.91 Å². The molecule has 1 aromatic heterocycles. The molecule has 2 amide bonds. The van der Waals surface area contributed by atoms with E-state index in [4.69, 9.17) is 21.1 Å². The normalized spacial score (nSPS) is 17.3. The Kier molecular flexibility index (Phi) is 7.52. The summed E-state index contributed by atoms with van der Waals surface area (Å²) in [7, 11) is 3.07. The molecule has 0 aliphatic carbocycles. The zero-order valence-electron chi connectivity index (χ0n) is 20.1. The Morgan fingerprint density at radius 2 is 1.63 bits per heavy atom. The van der Waals surface area contributed by atoms with Crippen LogP contribution in [0.4, 0.5) is 0 Å². The lowest BCUT2D eigenvalue weighted by Gasteiger charge is -2.39. The molecule has 0 atom stereocenters. The second-order valence-corrected chi connectivity index (χ2v) is 10.5. The van der Waals surface area contributed by atoms with Crippen LogP contribution in [0, 0.1) is 5.41 Å². The summed E-state index contributed by atoms with van der Waals surface area (Å²) in [5.41, 5.74) is 0.723. The number of amides is 2. The number of Topliss-reactive ketones (excluding diaryl/α,β-unsaturated/α-hetero) is 1. The lowest BCUT2D eigenvalue weighted by molar-refractivity contribution is -0.125. The highest BCUT2D eigenvalue weighted by atomic mass is 35.5. The fraction of sp³-hybridized carbons (Fsp3) is 0.423. The third-order valence-corrected chi connectivity index (χ3v) is 8.51. The largest absolute Gasteiger partial charge is 0.493 e. The second-order valence-electron chi connectivity index (χ2n) is 9.06. The van der Waals surface area contributed by atoms with Gasteiger partial charge in [-0.1, -0.05) is 11.6 Å². The molecule has 1 aromatic carbocycles. The minimum absolute atomic E-state index is 0.0157. The molecule has 2 aliphatic heterocycles. The maximum absolute atomic E-state index is 12.9. The molecule has 7 nitrogen and oxygen atoms in total. The molecule has 0 radical (unpaired) electrons. The summed E-state index contributed by atoms with van der Waals surface area (Å²) in [5.74, 6) is 0.875. The quantitative estimate of drug-likeness (QED) is 0.407. The highest BCUT2D eigenvalue weighted by Crippen LogP contribution is 2.41. The van der Waals surface area contributed by atoms with Gasteiger partial charge in [0.05, 0.1) is 29.0 Å². The van der Waals surface area contributed by atoms with E-state index in [9.17, 15) is 14.4 Å². The molecule has 3 heterocycles. The van der Waals surface area contributed by atoms with Gasteiger partial charge in [-0.2, -0.15) is 0 Å². The van der Waals surface area contributed by atoms with Crippen molar-refractivity contribution in [2.75, 3.05) is 40.4 Å². The van der Waals surface area contributed by atoms with Crippen LogP contribution in [0.3, 0.4) is 0 Å². The number of carbonyl (C=O) groups excluding carboxylic acids is 3. The highest BCUT2D eigenvalue weighted by molar-refractivity contribution is 7.15. The maximum atomic E-state index is 12.9. The van der Waals surface area contributed by atoms with Crippen molar-refractivity contribution < 1.29 is 23.9 Å². The molecule has 1 spiro atoms. The minimum Gasteiger partial charge on any atom is -0.493 e. The Bertz CT molecular complexity index is 1170. The van der Waals surface area contributed by atoms with Gasteiger partial charge in [0.2, 0.25) is 5.91 Å². The molecule has 0 bridgehead atoms. The number of methoxy groups -OCH3 is 2. The van der Waals surface area contributed by atoms with E-state index in [1.54, 1.807) is 43.5 Å². The predicted molar refractivity (Wildman–Crippen MR) is 137 cm³/mol. The number of piperidine rings is 1. The Labute approximate surface area is 214 Å². The van der Waals surface area contributed by atoms with Crippen LogP contribution in [0.25, 0.3) is 6.08 Å². The van der Waals surface area contributed by atoms with Gasteiger partial charge in [-0.05, 0) is 67.5 Å². The molecular weight excluding hydrogens is 488 g/mol. The van der Waals surface area contributed by atoms with Crippen molar-refractivity contribution in [2.24, 2.45) is 5.41 Å². The monoisotopic (exact) mass is 516 g/mol. The second kappa shape index (κ2) is 10.4. The van der Waals surface area contributed by atoms with Crippen LogP contribution in [0.15, 0.2) is 30.3 Å². The van der Waals surface area contributed by atoms with Crippen LogP contribution in [-0.2, 0) is 4.79 Å². The third kappa shape index (κ3) is 5.23. The molecule has 2 saturated heterocycles. The molecule has 35 heavy (non-hydrogen) atoms. The van der Waals surface area contributed by atoms with Crippen LogP contribution in [0.2, 0.25) is 5.02 Å². The van der Waals surface area contributed by atoms with Crippen molar-refractivity contribution in [1.29, 1.82) is 0 Å². The Hall–Kier alpha value is -2.84. The number of ether oxygens (including phenoxy) is 2. The van der Waals surface area contributed by atoms with Crippen molar-refractivity contribution >= 4 is 46.6 Å². The number of ketones is 1. The maximum Gasteiger partial charge on any atom is 0.263 e. The summed E-state index contributed by atoms with van der Waals surface area (Å²) in [6.45, 7) is 4.21. The molecule has 2 aliphatic rings. The number of halogens is 1. The third-order valence-electron chi connectivity index (χ3n) is 6.95. The van der Waals surface area contributed by atoms with Crippen LogP contribution in [0.1, 0.15) is 51.1 Å². The summed E-state index contributed by atoms with van der Waals surface area (Å²) in [6, 6.07) is 7.00. The average molecular weight is 517 g/mol. The number of rotatable bonds is 6. The SMILES string of the molecule is COc1ccc(C=CC(=O)N2CCC3(CCN(C(=O)c4ccc(C(C)=O)s4)CC3)C2)c(Cl)c1OC. The van der Waals surface area contributed by atoms with Crippen LogP contribution < -0.4 is 9.47 Å². The van der Waals surface area contributed by atoms with E-state index in [-0.39, 0.29) is 23.0 Å². The number of benzene rings is 1. The zero-order chi connectivity index (χ0) is 25.2. The lowest BCUT2D eigenvalue weighted by Crippen LogP contribution is -2.44. The predicted octanol–water partition coefficient (Wildman–Crippen LogP) is 4.79. The Morgan fingerprint density at radius 3 is 2.23 bits per heavy atom. The summed E-state index contributed by atoms with van der Waals surface area (Å²) < 4.78 is 10.6. The van der Waals surface area contributed by atoms with Crippen LogP contribution in [-0.4, -0.2) is 67.8 Å². The Morgan fingerprint density at radius 1 is 0.971 bits per heavy atom. The van der Waals surface area contributed by atoms with E-state index in [2.05, 4.69) is 0 Å². The molecule has 2 fully saturated rings. The smallest absolute Gasteiger partial charge is 0.263 e. The topological polar surface area (TPSA) is 76.2 Å². The van der Waals surface area contributed by atoms with E-state index in [1.807, 2.05) is 9.80 Å². The van der Waals surface area contributed by atoms with Crippen molar-refractivity contribution in [3.63, 3.8) is 0 Å². The lowest BCUT2D eigenvalue weighted by atomic mass is 9.78. The van der Waals surface area contributed by atoms with Crippen molar-refractivity contribution in [3.8, 4) is 11.5 Å². The van der Waals surface area contributed by atoms with Gasteiger partial charge in [0, 0.05) is 32.3 Å². The fourth-order valence-corrected chi connectivity index (χ4v) is 5.98. The van der Waals surface area contributed by atoms with E-state index >= 15 is 0 Å². The first-order valence-corrected chi connectivity index (χ1v) is 12.7. The highest BCUT2D eigenvalue weighted by Gasteiger charge is 2.42. The van der Waals surface area contributed by atoms with Crippen LogP contribution >= 0.6 is 22.9 Å². The van der Waals surface area contributed by atoms with Gasteiger partial charge >= 0.3 is 0 Å². The van der Waals surface area contributed by atoms with Gasteiger partial charge in [0.15, 0.2) is 17.3 Å². The van der Waals surface area contributed by atoms with Crippen LogP contribution in [0.5, 0.6) is 11.5 Å². The Balaban J connectivity index is 1.35. The van der Waals surface area contributed by atoms with Gasteiger partial charge in [-0.3, -0.25) is 14.4 Å². The number of likely N-dealkylation sites (tertiary alicyclic amines) is 2. The number of carbonyl (C=O) groups is 3. The fourth-order valence-electron chi connectivity index (χ4n) is 4.81. The molecule has 4 rings (SSSR count). The molecule has 0 saturated carbocycles. The first-order valence-electron chi connectivity index (χ1n) is 11.5. The first kappa shape index (κ1) is 25.3. The molecule has 2 aromatic rings. The number of hydrogen-bond acceptors (Lipinski definition) is 6. The summed E-state index contributed by atoms with van der Waals surface area (Å²) in [4.78, 5) is 42.3. The van der Waals surface area contributed by atoms with E-state index < -0.39 is 0 Å². The summed E-state index contributed by atoms with van der Waals surface area (Å²) in [6.07, 6.45) is 5.90. The summed E-state index contributed by atoms with van der Waals surface area (Å²) >= 11 is 7.68. The van der Waals surface area contributed by atoms with Gasteiger partial charge in [-0.15, -0.1) is 11.3 Å².